The fourth-order valence-corrected chi connectivity index (χ4v) is 0.857. The summed E-state index contributed by atoms with van der Waals surface area (Å²) in [6.07, 6.45) is -4.88. The van der Waals surface area contributed by atoms with Crippen LogP contribution in [0.15, 0.2) is 24.3 Å². The highest BCUT2D eigenvalue weighted by atomic mass is 19.4. The lowest BCUT2D eigenvalue weighted by Crippen LogP contribution is -2.18. The average Bonchev–Trinajstić information content (AvgIpc) is 2.01. The molecule has 0 bridgehead atoms. The molecular weight excluding hydrogens is 201 g/mol. The molecule has 6 heteroatoms. The minimum atomic E-state index is -4.88. The summed E-state index contributed by atoms with van der Waals surface area (Å²) in [6, 6.07) is 4.54. The predicted molar refractivity (Wildman–Crippen MR) is 40.1 cm³/mol. The molecule has 0 atom stereocenters. The lowest BCUT2D eigenvalue weighted by atomic mass is 10.2. The number of rotatable bonds is 2. The lowest BCUT2D eigenvalue weighted by molar-refractivity contribution is -0.274. The van der Waals surface area contributed by atoms with Crippen molar-refractivity contribution in [3.63, 3.8) is 0 Å². The molecule has 0 heterocycles. The molecule has 0 aromatic heterocycles. The van der Waals surface area contributed by atoms with E-state index in [9.17, 15) is 18.0 Å². The van der Waals surface area contributed by atoms with Gasteiger partial charge in [0.15, 0.2) is 0 Å². The minimum absolute atomic E-state index is 0.523. The minimum Gasteiger partial charge on any atom is -0.478 e. The molecule has 1 N–H and O–H groups in total. The number of para-hydroxylation sites is 1. The van der Waals surface area contributed by atoms with Crippen molar-refractivity contribution in [1.29, 1.82) is 0 Å². The number of alkyl halides is 3. The summed E-state index contributed by atoms with van der Waals surface area (Å²) in [5.74, 6) is -2.18. The molecule has 0 amide bonds. The highest BCUT2D eigenvalue weighted by Gasteiger charge is 2.32. The molecule has 1 aromatic rings. The molecule has 76 valence electrons. The van der Waals surface area contributed by atoms with Crippen molar-refractivity contribution in [2.45, 2.75) is 6.36 Å². The van der Waals surface area contributed by atoms with Gasteiger partial charge >= 0.3 is 12.3 Å². The van der Waals surface area contributed by atoms with Crippen LogP contribution in [-0.2, 0) is 0 Å². The van der Waals surface area contributed by atoms with E-state index in [1.165, 1.54) is 12.1 Å². The summed E-state index contributed by atoms with van der Waals surface area (Å²) >= 11 is 0. The molecule has 0 saturated heterocycles. The van der Waals surface area contributed by atoms with Gasteiger partial charge in [0.1, 0.15) is 11.3 Å². The fourth-order valence-electron chi connectivity index (χ4n) is 0.857. The molecule has 0 aliphatic rings. The van der Waals surface area contributed by atoms with E-state index in [-0.39, 0.29) is 0 Å². The normalized spacial score (nSPS) is 11.1. The van der Waals surface area contributed by atoms with E-state index in [1.54, 1.807) is 0 Å². The molecule has 14 heavy (non-hydrogen) atoms. The maximum atomic E-state index is 11.8. The van der Waals surface area contributed by atoms with Gasteiger partial charge in [-0.1, -0.05) is 12.1 Å². The summed E-state index contributed by atoms with van der Waals surface area (Å²) in [5, 5.41) is 8.52. The second kappa shape index (κ2) is 3.57. The van der Waals surface area contributed by atoms with Gasteiger partial charge in [0.05, 0.1) is 0 Å². The van der Waals surface area contributed by atoms with Crippen molar-refractivity contribution < 1.29 is 27.8 Å². The van der Waals surface area contributed by atoms with E-state index in [1.807, 2.05) is 0 Å². The van der Waals surface area contributed by atoms with Gasteiger partial charge in [0.2, 0.25) is 0 Å². The zero-order valence-corrected chi connectivity index (χ0v) is 6.71. The first kappa shape index (κ1) is 10.4. The average molecular weight is 206 g/mol. The Morgan fingerprint density at radius 1 is 1.29 bits per heavy atom. The van der Waals surface area contributed by atoms with Crippen LogP contribution in [0.4, 0.5) is 13.2 Å². The Morgan fingerprint density at radius 2 is 1.86 bits per heavy atom. The number of carboxylic acids is 1. The second-order valence-electron chi connectivity index (χ2n) is 2.35. The van der Waals surface area contributed by atoms with Crippen LogP contribution < -0.4 is 4.74 Å². The molecule has 3 nitrogen and oxygen atoms in total. The number of carbonyl (C=O) groups is 1. The second-order valence-corrected chi connectivity index (χ2v) is 2.35. The van der Waals surface area contributed by atoms with E-state index < -0.39 is 23.6 Å². The van der Waals surface area contributed by atoms with Crippen molar-refractivity contribution in [1.82, 2.24) is 0 Å². The SMILES string of the molecule is O=C(O)c1ccccc1OC(F)(F)F. The molecule has 0 radical (unpaired) electrons. The van der Waals surface area contributed by atoms with Gasteiger partial charge in [-0.2, -0.15) is 0 Å². The van der Waals surface area contributed by atoms with Crippen molar-refractivity contribution in [3.05, 3.63) is 29.8 Å². The molecule has 0 aliphatic heterocycles. The Hall–Kier alpha value is -1.72. The van der Waals surface area contributed by atoms with Crippen molar-refractivity contribution in [2.75, 3.05) is 0 Å². The standard InChI is InChI=1S/C8H5F3O3/c9-8(10,11)14-6-4-2-1-3-5(6)7(12)13/h1-4H,(H,12,13). The fraction of sp³-hybridized carbons (Fsp3) is 0.125. The van der Waals surface area contributed by atoms with E-state index >= 15 is 0 Å². The zero-order valence-electron chi connectivity index (χ0n) is 6.71. The summed E-state index contributed by atoms with van der Waals surface area (Å²) in [5.41, 5.74) is -0.523. The number of carboxylic acid groups (broad SMARTS) is 1. The summed E-state index contributed by atoms with van der Waals surface area (Å²) in [6.45, 7) is 0. The molecule has 0 aliphatic carbocycles. The van der Waals surface area contributed by atoms with E-state index in [0.29, 0.717) is 0 Å². The number of benzene rings is 1. The molecular formula is C8H5F3O3. The van der Waals surface area contributed by atoms with Gasteiger partial charge in [-0.05, 0) is 12.1 Å². The van der Waals surface area contributed by atoms with Crippen LogP contribution in [0.5, 0.6) is 5.75 Å². The zero-order chi connectivity index (χ0) is 10.8. The summed E-state index contributed by atoms with van der Waals surface area (Å²) in [7, 11) is 0. The third kappa shape index (κ3) is 2.65. The van der Waals surface area contributed by atoms with Gasteiger partial charge in [0, 0.05) is 0 Å². The number of aromatic carboxylic acids is 1. The van der Waals surface area contributed by atoms with Crippen LogP contribution in [0.1, 0.15) is 10.4 Å². The largest absolute Gasteiger partial charge is 0.573 e. The molecule has 0 fully saturated rings. The van der Waals surface area contributed by atoms with Crippen molar-refractivity contribution in [2.24, 2.45) is 0 Å². The molecule has 0 unspecified atom stereocenters. The van der Waals surface area contributed by atoms with Crippen molar-refractivity contribution >= 4 is 5.97 Å². The van der Waals surface area contributed by atoms with Crippen LogP contribution in [0, 0.1) is 0 Å². The monoisotopic (exact) mass is 206 g/mol. The van der Waals surface area contributed by atoms with E-state index in [4.69, 9.17) is 5.11 Å². The topological polar surface area (TPSA) is 46.5 Å². The third-order valence-electron chi connectivity index (χ3n) is 1.34. The Labute approximate surface area is 76.7 Å². The number of ether oxygens (including phenoxy) is 1. The third-order valence-corrected chi connectivity index (χ3v) is 1.34. The molecule has 1 aromatic carbocycles. The Balaban J connectivity index is 3.02. The van der Waals surface area contributed by atoms with Crippen LogP contribution >= 0.6 is 0 Å². The number of hydrogen-bond donors (Lipinski definition) is 1. The Bertz CT molecular complexity index is 346. The van der Waals surface area contributed by atoms with Gasteiger partial charge in [0.25, 0.3) is 0 Å². The van der Waals surface area contributed by atoms with E-state index in [2.05, 4.69) is 4.74 Å². The van der Waals surface area contributed by atoms with Gasteiger partial charge in [-0.25, -0.2) is 4.79 Å². The van der Waals surface area contributed by atoms with Gasteiger partial charge in [-0.3, -0.25) is 0 Å². The quantitative estimate of drug-likeness (QED) is 0.807. The van der Waals surface area contributed by atoms with Crippen LogP contribution in [-0.4, -0.2) is 17.4 Å². The first-order chi connectivity index (χ1) is 6.40. The highest BCUT2D eigenvalue weighted by molar-refractivity contribution is 5.90. The Kier molecular flexibility index (Phi) is 2.64. The lowest BCUT2D eigenvalue weighted by Gasteiger charge is -2.10. The maximum Gasteiger partial charge on any atom is 0.573 e. The smallest absolute Gasteiger partial charge is 0.478 e. The van der Waals surface area contributed by atoms with Crippen LogP contribution in [0.3, 0.4) is 0 Å². The summed E-state index contributed by atoms with van der Waals surface area (Å²) < 4.78 is 38.8. The first-order valence-electron chi connectivity index (χ1n) is 3.48. The van der Waals surface area contributed by atoms with Crippen LogP contribution in [0.25, 0.3) is 0 Å². The summed E-state index contributed by atoms with van der Waals surface area (Å²) in [4.78, 5) is 10.5. The molecule has 0 saturated carbocycles. The Morgan fingerprint density at radius 3 is 2.36 bits per heavy atom. The van der Waals surface area contributed by atoms with E-state index in [0.717, 1.165) is 12.1 Å². The first-order valence-corrected chi connectivity index (χ1v) is 3.48. The van der Waals surface area contributed by atoms with Gasteiger partial charge in [-0.15, -0.1) is 13.2 Å². The maximum absolute atomic E-state index is 11.8. The van der Waals surface area contributed by atoms with Crippen LogP contribution in [0.2, 0.25) is 0 Å². The predicted octanol–water partition coefficient (Wildman–Crippen LogP) is 2.28. The number of halogens is 3. The van der Waals surface area contributed by atoms with Crippen molar-refractivity contribution in [3.8, 4) is 5.75 Å². The molecule has 1 rings (SSSR count). The molecule has 0 spiro atoms. The number of hydrogen-bond acceptors (Lipinski definition) is 2. The highest BCUT2D eigenvalue weighted by Crippen LogP contribution is 2.25. The van der Waals surface area contributed by atoms with Gasteiger partial charge < -0.3 is 9.84 Å².